The van der Waals surface area contributed by atoms with Crippen LogP contribution < -0.4 is 15.2 Å². The van der Waals surface area contributed by atoms with Crippen molar-refractivity contribution >= 4 is 10.0 Å². The van der Waals surface area contributed by atoms with Gasteiger partial charge in [0.15, 0.2) is 0 Å². The van der Waals surface area contributed by atoms with E-state index in [0.29, 0.717) is 12.3 Å². The summed E-state index contributed by atoms with van der Waals surface area (Å²) < 4.78 is 31.3. The van der Waals surface area contributed by atoms with Crippen molar-refractivity contribution in [1.29, 1.82) is 0 Å². The van der Waals surface area contributed by atoms with E-state index in [1.54, 1.807) is 30.4 Å². The second-order valence-corrected chi connectivity index (χ2v) is 4.95. The summed E-state index contributed by atoms with van der Waals surface area (Å²) in [5.41, 5.74) is 5.25. The van der Waals surface area contributed by atoms with E-state index in [1.165, 1.54) is 13.2 Å². The van der Waals surface area contributed by atoms with Crippen molar-refractivity contribution in [1.82, 2.24) is 4.72 Å². The van der Waals surface area contributed by atoms with Crippen LogP contribution in [0.2, 0.25) is 0 Å². The quantitative estimate of drug-likeness (QED) is 0.726. The van der Waals surface area contributed by atoms with Crippen LogP contribution in [-0.4, -0.2) is 28.6 Å². The number of hydrogen-bond acceptors (Lipinski definition) is 4. The average molecular weight is 256 g/mol. The van der Waals surface area contributed by atoms with Crippen LogP contribution in [0.15, 0.2) is 41.3 Å². The normalized spacial score (nSPS) is 11.9. The lowest BCUT2D eigenvalue weighted by atomic mass is 10.3. The molecule has 1 aromatic carbocycles. The third-order valence-electron chi connectivity index (χ3n) is 2.05. The lowest BCUT2D eigenvalue weighted by Crippen LogP contribution is -2.24. The molecule has 94 valence electrons. The molecule has 0 aliphatic heterocycles. The van der Waals surface area contributed by atoms with Gasteiger partial charge in [-0.25, -0.2) is 13.1 Å². The number of rotatable bonds is 6. The van der Waals surface area contributed by atoms with Crippen molar-refractivity contribution in [3.05, 3.63) is 36.4 Å². The summed E-state index contributed by atoms with van der Waals surface area (Å²) in [5, 5.41) is 0. The van der Waals surface area contributed by atoms with E-state index in [9.17, 15) is 8.42 Å². The van der Waals surface area contributed by atoms with Crippen LogP contribution in [0.3, 0.4) is 0 Å². The Labute approximate surface area is 101 Å². The average Bonchev–Trinajstić information content (AvgIpc) is 2.34. The number of ether oxygens (including phenoxy) is 1. The fourth-order valence-corrected chi connectivity index (χ4v) is 2.40. The Morgan fingerprint density at radius 1 is 1.35 bits per heavy atom. The summed E-state index contributed by atoms with van der Waals surface area (Å²) in [5.74, 6) is 0.322. The van der Waals surface area contributed by atoms with Gasteiger partial charge in [-0.05, 0) is 12.1 Å². The summed E-state index contributed by atoms with van der Waals surface area (Å²) in [6.07, 6.45) is 3.34. The van der Waals surface area contributed by atoms with Gasteiger partial charge >= 0.3 is 0 Å². The van der Waals surface area contributed by atoms with Crippen LogP contribution in [-0.2, 0) is 10.0 Å². The number of sulfonamides is 1. The van der Waals surface area contributed by atoms with E-state index in [-0.39, 0.29) is 11.4 Å². The first-order valence-corrected chi connectivity index (χ1v) is 6.58. The third-order valence-corrected chi connectivity index (χ3v) is 3.52. The SMILES string of the molecule is COc1ccccc1S(=O)(=O)NC/C=C/CN. The van der Waals surface area contributed by atoms with E-state index in [2.05, 4.69) is 4.72 Å². The molecular formula is C11H16N2O3S. The van der Waals surface area contributed by atoms with Gasteiger partial charge in [-0.15, -0.1) is 0 Å². The Morgan fingerprint density at radius 3 is 2.71 bits per heavy atom. The molecule has 0 spiro atoms. The number of methoxy groups -OCH3 is 1. The summed E-state index contributed by atoms with van der Waals surface area (Å²) in [7, 11) is -2.12. The van der Waals surface area contributed by atoms with Crippen molar-refractivity contribution in [2.24, 2.45) is 5.73 Å². The molecule has 1 rings (SSSR count). The number of nitrogens with two attached hydrogens (primary N) is 1. The molecule has 0 radical (unpaired) electrons. The van der Waals surface area contributed by atoms with Crippen LogP contribution in [0.5, 0.6) is 5.75 Å². The maximum Gasteiger partial charge on any atom is 0.244 e. The maximum absolute atomic E-state index is 11.9. The lowest BCUT2D eigenvalue weighted by molar-refractivity contribution is 0.402. The Balaban J connectivity index is 2.86. The van der Waals surface area contributed by atoms with Crippen LogP contribution in [0.4, 0.5) is 0 Å². The highest BCUT2D eigenvalue weighted by Crippen LogP contribution is 2.22. The molecule has 1 aromatic rings. The second kappa shape index (κ2) is 6.39. The fourth-order valence-electron chi connectivity index (χ4n) is 1.26. The van der Waals surface area contributed by atoms with Crippen LogP contribution in [0.1, 0.15) is 0 Å². The molecule has 0 saturated heterocycles. The fraction of sp³-hybridized carbons (Fsp3) is 0.273. The molecule has 0 fully saturated rings. The Morgan fingerprint density at radius 2 is 2.06 bits per heavy atom. The number of benzene rings is 1. The molecule has 0 heterocycles. The van der Waals surface area contributed by atoms with E-state index >= 15 is 0 Å². The van der Waals surface area contributed by atoms with Crippen molar-refractivity contribution < 1.29 is 13.2 Å². The molecule has 0 amide bonds. The summed E-state index contributed by atoms with van der Waals surface area (Å²) >= 11 is 0. The van der Waals surface area contributed by atoms with Gasteiger partial charge in [-0.3, -0.25) is 0 Å². The highest BCUT2D eigenvalue weighted by Gasteiger charge is 2.17. The zero-order valence-electron chi connectivity index (χ0n) is 9.59. The van der Waals surface area contributed by atoms with Crippen molar-refractivity contribution in [3.63, 3.8) is 0 Å². The summed E-state index contributed by atoms with van der Waals surface area (Å²) in [6.45, 7) is 0.591. The zero-order valence-corrected chi connectivity index (χ0v) is 10.4. The highest BCUT2D eigenvalue weighted by atomic mass is 32.2. The summed E-state index contributed by atoms with van der Waals surface area (Å²) in [6, 6.07) is 6.46. The molecule has 0 aliphatic rings. The topological polar surface area (TPSA) is 81.4 Å². The Hall–Kier alpha value is -1.37. The van der Waals surface area contributed by atoms with Gasteiger partial charge in [0.05, 0.1) is 7.11 Å². The molecule has 5 nitrogen and oxygen atoms in total. The smallest absolute Gasteiger partial charge is 0.244 e. The largest absolute Gasteiger partial charge is 0.495 e. The molecule has 0 saturated carbocycles. The van der Waals surface area contributed by atoms with Crippen LogP contribution in [0, 0.1) is 0 Å². The number of hydrogen-bond donors (Lipinski definition) is 2. The molecule has 6 heteroatoms. The van der Waals surface area contributed by atoms with E-state index in [0.717, 1.165) is 0 Å². The van der Waals surface area contributed by atoms with Gasteiger partial charge in [-0.2, -0.15) is 0 Å². The lowest BCUT2D eigenvalue weighted by Gasteiger charge is -2.09. The predicted molar refractivity (Wildman–Crippen MR) is 66.4 cm³/mol. The highest BCUT2D eigenvalue weighted by molar-refractivity contribution is 7.89. The predicted octanol–water partition coefficient (Wildman–Crippen LogP) is 0.488. The van der Waals surface area contributed by atoms with Gasteiger partial charge in [0.2, 0.25) is 10.0 Å². The standard InChI is InChI=1S/C11H16N2O3S/c1-16-10-6-2-3-7-11(10)17(14,15)13-9-5-4-8-12/h2-7,13H,8-9,12H2,1H3/b5-4+. The number of nitrogens with one attached hydrogen (secondary N) is 1. The second-order valence-electron chi connectivity index (χ2n) is 3.21. The Bertz CT molecular complexity index is 483. The summed E-state index contributed by atoms with van der Waals surface area (Å²) in [4.78, 5) is 0.128. The first-order chi connectivity index (χ1) is 8.11. The maximum atomic E-state index is 11.9. The minimum absolute atomic E-state index is 0.128. The van der Waals surface area contributed by atoms with Crippen LogP contribution >= 0.6 is 0 Å². The van der Waals surface area contributed by atoms with E-state index in [4.69, 9.17) is 10.5 Å². The molecule has 3 N–H and O–H groups in total. The molecular weight excluding hydrogens is 240 g/mol. The molecule has 0 bridgehead atoms. The van der Waals surface area contributed by atoms with Crippen molar-refractivity contribution in [2.75, 3.05) is 20.2 Å². The first kappa shape index (κ1) is 13.7. The van der Waals surface area contributed by atoms with Gasteiger partial charge in [-0.1, -0.05) is 24.3 Å². The van der Waals surface area contributed by atoms with Gasteiger partial charge in [0, 0.05) is 13.1 Å². The van der Waals surface area contributed by atoms with Gasteiger partial charge < -0.3 is 10.5 Å². The molecule has 17 heavy (non-hydrogen) atoms. The van der Waals surface area contributed by atoms with Crippen LogP contribution in [0.25, 0.3) is 0 Å². The van der Waals surface area contributed by atoms with Crippen molar-refractivity contribution in [2.45, 2.75) is 4.90 Å². The van der Waals surface area contributed by atoms with E-state index in [1.807, 2.05) is 0 Å². The number of para-hydroxylation sites is 1. The molecule has 0 aromatic heterocycles. The molecule has 0 unspecified atom stereocenters. The first-order valence-electron chi connectivity index (χ1n) is 5.09. The monoisotopic (exact) mass is 256 g/mol. The third kappa shape index (κ3) is 3.85. The minimum Gasteiger partial charge on any atom is -0.495 e. The minimum atomic E-state index is -3.55. The van der Waals surface area contributed by atoms with E-state index < -0.39 is 10.0 Å². The van der Waals surface area contributed by atoms with Gasteiger partial charge in [0.25, 0.3) is 0 Å². The molecule has 0 atom stereocenters. The van der Waals surface area contributed by atoms with Crippen molar-refractivity contribution in [3.8, 4) is 5.75 Å². The van der Waals surface area contributed by atoms with Gasteiger partial charge in [0.1, 0.15) is 10.6 Å². The zero-order chi connectivity index (χ0) is 12.7. The molecule has 0 aliphatic carbocycles. The Kier molecular flexibility index (Phi) is 5.14.